The lowest BCUT2D eigenvalue weighted by atomic mass is 10.1. The number of rotatable bonds is 6. The topological polar surface area (TPSA) is 47.3 Å². The summed E-state index contributed by atoms with van der Waals surface area (Å²) >= 11 is 1.68. The molecule has 6 heteroatoms. The van der Waals surface area contributed by atoms with Gasteiger partial charge in [-0.2, -0.15) is 0 Å². The smallest absolute Gasteiger partial charge is 0.274 e. The van der Waals surface area contributed by atoms with Gasteiger partial charge in [0.2, 0.25) is 12.5 Å². The molecular weight excluding hydrogens is 382 g/mol. The van der Waals surface area contributed by atoms with Crippen molar-refractivity contribution in [3.8, 4) is 17.2 Å². The molecule has 5 rings (SSSR count). The molecule has 144 valence electrons. The van der Waals surface area contributed by atoms with Crippen molar-refractivity contribution in [2.24, 2.45) is 0 Å². The third kappa shape index (κ3) is 3.93. The van der Waals surface area contributed by atoms with E-state index in [4.69, 9.17) is 14.6 Å². The number of hydrogen-bond donors (Lipinski definition) is 1. The van der Waals surface area contributed by atoms with Crippen molar-refractivity contribution in [2.45, 2.75) is 12.8 Å². The summed E-state index contributed by atoms with van der Waals surface area (Å²) in [6.07, 6.45) is 1.78. The Labute approximate surface area is 173 Å². The molecule has 0 spiro atoms. The van der Waals surface area contributed by atoms with E-state index in [0.717, 1.165) is 40.8 Å². The first-order chi connectivity index (χ1) is 14.3. The van der Waals surface area contributed by atoms with Crippen LogP contribution < -0.4 is 19.5 Å². The number of aryl methyl sites for hydroxylation is 2. The third-order valence-corrected chi connectivity index (χ3v) is 5.72. The Morgan fingerprint density at radius 1 is 0.862 bits per heavy atom. The van der Waals surface area contributed by atoms with Gasteiger partial charge in [-0.1, -0.05) is 42.5 Å². The predicted molar refractivity (Wildman–Crippen MR) is 113 cm³/mol. The largest absolute Gasteiger partial charge is 0.454 e. The number of nitrogens with one attached hydrogen (secondary N) is 1. The quantitative estimate of drug-likeness (QED) is 0.476. The van der Waals surface area contributed by atoms with Crippen molar-refractivity contribution in [1.82, 2.24) is 5.10 Å². The van der Waals surface area contributed by atoms with Crippen molar-refractivity contribution in [3.63, 3.8) is 0 Å². The molecule has 0 saturated heterocycles. The van der Waals surface area contributed by atoms with Gasteiger partial charge in [0.15, 0.2) is 11.5 Å². The van der Waals surface area contributed by atoms with Crippen molar-refractivity contribution >= 4 is 22.2 Å². The van der Waals surface area contributed by atoms with Crippen LogP contribution in [-0.2, 0) is 12.8 Å². The summed E-state index contributed by atoms with van der Waals surface area (Å²) < 4.78 is 12.9. The van der Waals surface area contributed by atoms with Gasteiger partial charge in [0.25, 0.3) is 10.1 Å². The molecule has 1 aliphatic rings. The summed E-state index contributed by atoms with van der Waals surface area (Å²) in [4.78, 5) is 0. The van der Waals surface area contributed by atoms with Gasteiger partial charge >= 0.3 is 0 Å². The van der Waals surface area contributed by atoms with Crippen LogP contribution in [0.1, 0.15) is 10.6 Å². The Bertz CT molecular complexity index is 1110. The lowest BCUT2D eigenvalue weighted by Gasteiger charge is -2.01. The zero-order valence-electron chi connectivity index (χ0n) is 15.7. The average Bonchev–Trinajstić information content (AvgIpc) is 3.40. The minimum Gasteiger partial charge on any atom is -0.454 e. The van der Waals surface area contributed by atoms with Crippen LogP contribution in [0, 0.1) is 0 Å². The Balaban J connectivity index is 1.41. The van der Waals surface area contributed by atoms with Gasteiger partial charge in [0.05, 0.1) is 6.42 Å². The Morgan fingerprint density at radius 2 is 1.62 bits per heavy atom. The van der Waals surface area contributed by atoms with Crippen LogP contribution in [0.2, 0.25) is 0 Å². The molecule has 1 aromatic heterocycles. The second kappa shape index (κ2) is 7.93. The maximum Gasteiger partial charge on any atom is 0.274 e. The number of para-hydroxylation sites is 2. The minimum atomic E-state index is 0.302. The predicted octanol–water partition coefficient (Wildman–Crippen LogP) is 4.68. The van der Waals surface area contributed by atoms with Gasteiger partial charge < -0.3 is 14.8 Å². The van der Waals surface area contributed by atoms with E-state index in [1.54, 1.807) is 11.3 Å². The minimum absolute atomic E-state index is 0.302. The normalized spacial score (nSPS) is 12.1. The molecule has 3 aromatic carbocycles. The van der Waals surface area contributed by atoms with E-state index in [9.17, 15) is 0 Å². The first kappa shape index (κ1) is 17.7. The first-order valence-corrected chi connectivity index (χ1v) is 10.3. The zero-order valence-corrected chi connectivity index (χ0v) is 16.6. The molecule has 5 nitrogen and oxygen atoms in total. The van der Waals surface area contributed by atoms with Crippen LogP contribution >= 0.6 is 11.3 Å². The molecule has 0 atom stereocenters. The number of fused-ring (bicyclic) bond motifs is 1. The number of nitrogens with zero attached hydrogens (tertiary/aromatic N) is 2. The second-order valence-corrected chi connectivity index (χ2v) is 7.79. The van der Waals surface area contributed by atoms with Gasteiger partial charge in [-0.05, 0) is 52.3 Å². The lowest BCUT2D eigenvalue weighted by Crippen LogP contribution is -2.36. The Morgan fingerprint density at radius 3 is 2.45 bits per heavy atom. The fourth-order valence-electron chi connectivity index (χ4n) is 3.29. The molecule has 2 heterocycles. The van der Waals surface area contributed by atoms with Crippen LogP contribution in [-0.4, -0.2) is 11.9 Å². The van der Waals surface area contributed by atoms with Gasteiger partial charge in [0, 0.05) is 22.9 Å². The number of hydrogen-bond acceptors (Lipinski definition) is 5. The Kier molecular flexibility index (Phi) is 4.84. The van der Waals surface area contributed by atoms with Gasteiger partial charge in [-0.15, -0.1) is 0 Å². The maximum absolute atomic E-state index is 5.51. The molecule has 0 unspecified atom stereocenters. The first-order valence-electron chi connectivity index (χ1n) is 9.53. The second-order valence-electron chi connectivity index (χ2n) is 6.73. The summed E-state index contributed by atoms with van der Waals surface area (Å²) in [6, 6.07) is 26.5. The van der Waals surface area contributed by atoms with Crippen molar-refractivity contribution in [3.05, 3.63) is 89.4 Å². The molecule has 0 amide bonds. The van der Waals surface area contributed by atoms with E-state index in [1.165, 1.54) is 10.6 Å². The number of benzene rings is 3. The molecule has 29 heavy (non-hydrogen) atoms. The summed E-state index contributed by atoms with van der Waals surface area (Å²) in [6.45, 7) is 0.302. The maximum atomic E-state index is 5.51. The standard InChI is InChI=1S/C23H20N3O2S/c1-3-7-18(8-4-1)24-23-25-26(19-9-5-2-6-10-19)22(29-23)14-12-17-11-13-20-21(15-17)28-16-27-20/h1-11,13,15H,12,14,16H2,(H,24,25)/q+1. The van der Waals surface area contributed by atoms with Gasteiger partial charge in [0.1, 0.15) is 0 Å². The average molecular weight is 402 g/mol. The fraction of sp³-hybridized carbons (Fsp3) is 0.130. The van der Waals surface area contributed by atoms with Gasteiger partial charge in [-0.3, -0.25) is 0 Å². The molecular formula is C23H20N3O2S+. The summed E-state index contributed by atoms with van der Waals surface area (Å²) in [5.74, 6) is 1.65. The van der Waals surface area contributed by atoms with E-state index in [-0.39, 0.29) is 0 Å². The van der Waals surface area contributed by atoms with Crippen LogP contribution in [0.25, 0.3) is 5.69 Å². The summed E-state index contributed by atoms with van der Waals surface area (Å²) in [5.41, 5.74) is 3.31. The van der Waals surface area contributed by atoms with E-state index in [2.05, 4.69) is 29.6 Å². The summed E-state index contributed by atoms with van der Waals surface area (Å²) in [7, 11) is 0. The molecule has 4 aromatic rings. The highest BCUT2D eigenvalue weighted by Gasteiger charge is 2.23. The van der Waals surface area contributed by atoms with Gasteiger partial charge in [-0.25, -0.2) is 0 Å². The van der Waals surface area contributed by atoms with E-state index in [1.807, 2.05) is 59.3 Å². The molecule has 0 aliphatic carbocycles. The Hall–Kier alpha value is -3.38. The third-order valence-electron chi connectivity index (χ3n) is 4.73. The highest BCUT2D eigenvalue weighted by atomic mass is 32.1. The monoisotopic (exact) mass is 402 g/mol. The van der Waals surface area contributed by atoms with Crippen LogP contribution in [0.5, 0.6) is 11.5 Å². The molecule has 1 N–H and O–H groups in total. The van der Waals surface area contributed by atoms with Crippen LogP contribution in [0.4, 0.5) is 10.8 Å². The van der Waals surface area contributed by atoms with E-state index < -0.39 is 0 Å². The zero-order chi connectivity index (χ0) is 19.5. The van der Waals surface area contributed by atoms with Crippen molar-refractivity contribution in [1.29, 1.82) is 0 Å². The number of anilines is 2. The molecule has 1 aliphatic heterocycles. The molecule has 0 saturated carbocycles. The fourth-order valence-corrected chi connectivity index (χ4v) is 4.24. The molecule has 0 radical (unpaired) electrons. The van der Waals surface area contributed by atoms with E-state index in [0.29, 0.717) is 6.79 Å². The molecule has 0 fully saturated rings. The lowest BCUT2D eigenvalue weighted by molar-refractivity contribution is -0.660. The highest BCUT2D eigenvalue weighted by Crippen LogP contribution is 2.33. The summed E-state index contributed by atoms with van der Waals surface area (Å²) in [5, 5.41) is 10.3. The van der Waals surface area contributed by atoms with Crippen LogP contribution in [0.15, 0.2) is 78.9 Å². The SMILES string of the molecule is c1ccc(Nc2n[n+](-c3ccccc3)c(CCc3ccc4c(c3)OCO4)s2)cc1. The molecule has 0 bridgehead atoms. The highest BCUT2D eigenvalue weighted by molar-refractivity contribution is 7.15. The van der Waals surface area contributed by atoms with E-state index >= 15 is 0 Å². The van der Waals surface area contributed by atoms with Crippen LogP contribution in [0.3, 0.4) is 0 Å². The number of ether oxygens (including phenoxy) is 2. The van der Waals surface area contributed by atoms with Crippen molar-refractivity contribution < 1.29 is 14.2 Å². The number of aromatic nitrogens is 2. The van der Waals surface area contributed by atoms with Crippen molar-refractivity contribution in [2.75, 3.05) is 12.1 Å².